The van der Waals surface area contributed by atoms with Gasteiger partial charge in [-0.25, -0.2) is 0 Å². The van der Waals surface area contributed by atoms with E-state index in [1.165, 1.54) is 0 Å². The van der Waals surface area contributed by atoms with Gasteiger partial charge in [-0.05, 0) is 42.6 Å². The van der Waals surface area contributed by atoms with Gasteiger partial charge in [-0.3, -0.25) is 9.59 Å². The number of hydrogen-bond donors (Lipinski definition) is 1. The largest absolute Gasteiger partial charge is 0.490 e. The van der Waals surface area contributed by atoms with Crippen molar-refractivity contribution in [3.63, 3.8) is 0 Å². The fraction of sp³-hybridized carbons (Fsp3) is 0.455. The Morgan fingerprint density at radius 1 is 1.21 bits per heavy atom. The van der Waals surface area contributed by atoms with Crippen LogP contribution in [0.4, 0.5) is 0 Å². The highest BCUT2D eigenvalue weighted by molar-refractivity contribution is 7.10. The molecule has 1 fully saturated rings. The van der Waals surface area contributed by atoms with Crippen LogP contribution in [-0.2, 0) is 9.53 Å². The highest BCUT2D eigenvalue weighted by Crippen LogP contribution is 2.21. The molecule has 2 heterocycles. The zero-order valence-corrected chi connectivity index (χ0v) is 17.7. The third kappa shape index (κ3) is 6.05. The molecule has 2 aromatic rings. The molecule has 2 amide bonds. The first-order valence-electron chi connectivity index (χ1n) is 9.94. The first kappa shape index (κ1) is 21.3. The van der Waals surface area contributed by atoms with E-state index in [1.54, 1.807) is 30.6 Å². The predicted octanol–water partition coefficient (Wildman–Crippen LogP) is 3.65. The topological polar surface area (TPSA) is 67.9 Å². The standard InChI is InChI=1S/C22H28N2O4S/c1-16(20-4-3-15-29-20)23-22(26)17-5-7-18(8-6-17)28-19-9-12-24(13-10-19)21(25)11-14-27-2/h3-8,15-16,19H,9-14H2,1-2H3,(H,23,26)/t16-/m1/s1. The summed E-state index contributed by atoms with van der Waals surface area (Å²) in [6, 6.07) is 11.2. The molecule has 1 aliphatic heterocycles. The third-order valence-electron chi connectivity index (χ3n) is 5.05. The minimum atomic E-state index is -0.0969. The molecule has 1 saturated heterocycles. The molecule has 1 N–H and O–H groups in total. The number of ether oxygens (including phenoxy) is 2. The van der Waals surface area contributed by atoms with Gasteiger partial charge in [0.15, 0.2) is 0 Å². The molecule has 1 aromatic heterocycles. The van der Waals surface area contributed by atoms with Crippen LogP contribution in [0.15, 0.2) is 41.8 Å². The van der Waals surface area contributed by atoms with Crippen LogP contribution in [0, 0.1) is 0 Å². The molecule has 6 nitrogen and oxygen atoms in total. The molecule has 7 heteroatoms. The van der Waals surface area contributed by atoms with Crippen molar-refractivity contribution in [2.75, 3.05) is 26.8 Å². The van der Waals surface area contributed by atoms with Crippen LogP contribution in [0.3, 0.4) is 0 Å². The number of hydrogen-bond acceptors (Lipinski definition) is 5. The van der Waals surface area contributed by atoms with Gasteiger partial charge in [0.25, 0.3) is 5.91 Å². The van der Waals surface area contributed by atoms with Gasteiger partial charge in [-0.15, -0.1) is 11.3 Å². The average molecular weight is 417 g/mol. The summed E-state index contributed by atoms with van der Waals surface area (Å²) in [5, 5.41) is 5.02. The summed E-state index contributed by atoms with van der Waals surface area (Å²) in [6.45, 7) is 3.84. The zero-order chi connectivity index (χ0) is 20.6. The van der Waals surface area contributed by atoms with Crippen LogP contribution in [-0.4, -0.2) is 49.6 Å². The second-order valence-corrected chi connectivity index (χ2v) is 8.16. The van der Waals surface area contributed by atoms with Crippen LogP contribution in [0.5, 0.6) is 5.75 Å². The Labute approximate surface area is 175 Å². The van der Waals surface area contributed by atoms with Crippen LogP contribution < -0.4 is 10.1 Å². The molecule has 29 heavy (non-hydrogen) atoms. The Morgan fingerprint density at radius 2 is 1.93 bits per heavy atom. The fourth-order valence-electron chi connectivity index (χ4n) is 3.34. The molecule has 0 radical (unpaired) electrons. The van der Waals surface area contributed by atoms with Crippen molar-refractivity contribution in [1.82, 2.24) is 10.2 Å². The van der Waals surface area contributed by atoms with Gasteiger partial charge in [-0.1, -0.05) is 6.07 Å². The molecule has 156 valence electrons. The Kier molecular flexibility index (Phi) is 7.66. The van der Waals surface area contributed by atoms with Crippen LogP contribution >= 0.6 is 11.3 Å². The third-order valence-corrected chi connectivity index (χ3v) is 6.11. The summed E-state index contributed by atoms with van der Waals surface area (Å²) in [5.41, 5.74) is 0.610. The molecule has 0 bridgehead atoms. The Bertz CT molecular complexity index is 784. The molecule has 0 unspecified atom stereocenters. The van der Waals surface area contributed by atoms with E-state index in [9.17, 15) is 9.59 Å². The maximum absolute atomic E-state index is 12.4. The van der Waals surface area contributed by atoms with E-state index < -0.39 is 0 Å². The number of nitrogens with zero attached hydrogens (tertiary/aromatic N) is 1. The van der Waals surface area contributed by atoms with Crippen molar-refractivity contribution < 1.29 is 19.1 Å². The van der Waals surface area contributed by atoms with Gasteiger partial charge in [0.1, 0.15) is 11.9 Å². The lowest BCUT2D eigenvalue weighted by molar-refractivity contribution is -0.133. The molecule has 3 rings (SSSR count). The maximum atomic E-state index is 12.4. The van der Waals surface area contributed by atoms with Crippen LogP contribution in [0.25, 0.3) is 0 Å². The number of likely N-dealkylation sites (tertiary alicyclic amines) is 1. The fourth-order valence-corrected chi connectivity index (χ4v) is 4.07. The molecule has 1 aromatic carbocycles. The van der Waals surface area contributed by atoms with Crippen molar-refractivity contribution >= 4 is 23.2 Å². The minimum absolute atomic E-state index is 0.0183. The number of methoxy groups -OCH3 is 1. The number of amides is 2. The lowest BCUT2D eigenvalue weighted by Gasteiger charge is -2.32. The van der Waals surface area contributed by atoms with E-state index in [1.807, 2.05) is 41.5 Å². The maximum Gasteiger partial charge on any atom is 0.251 e. The van der Waals surface area contributed by atoms with Gasteiger partial charge in [0.05, 0.1) is 19.1 Å². The Balaban J connectivity index is 1.46. The van der Waals surface area contributed by atoms with Crippen molar-refractivity contribution in [2.45, 2.75) is 38.3 Å². The van der Waals surface area contributed by atoms with E-state index in [-0.39, 0.29) is 24.0 Å². The number of carbonyl (C=O) groups excluding carboxylic acids is 2. The van der Waals surface area contributed by atoms with E-state index in [4.69, 9.17) is 9.47 Å². The lowest BCUT2D eigenvalue weighted by Crippen LogP contribution is -2.42. The molecule has 0 spiro atoms. The zero-order valence-electron chi connectivity index (χ0n) is 16.9. The minimum Gasteiger partial charge on any atom is -0.490 e. The van der Waals surface area contributed by atoms with Crippen LogP contribution in [0.2, 0.25) is 0 Å². The van der Waals surface area contributed by atoms with Crippen molar-refractivity contribution in [2.24, 2.45) is 0 Å². The normalized spacial score (nSPS) is 15.7. The summed E-state index contributed by atoms with van der Waals surface area (Å²) in [7, 11) is 1.60. The first-order chi connectivity index (χ1) is 14.1. The van der Waals surface area contributed by atoms with E-state index in [2.05, 4.69) is 5.32 Å². The Morgan fingerprint density at radius 3 is 2.55 bits per heavy atom. The summed E-state index contributed by atoms with van der Waals surface area (Å²) >= 11 is 1.63. The molecule has 1 aliphatic rings. The lowest BCUT2D eigenvalue weighted by atomic mass is 10.1. The van der Waals surface area contributed by atoms with Crippen molar-refractivity contribution in [1.29, 1.82) is 0 Å². The number of rotatable bonds is 8. The number of nitrogens with one attached hydrogen (secondary N) is 1. The average Bonchev–Trinajstić information content (AvgIpc) is 3.28. The van der Waals surface area contributed by atoms with E-state index >= 15 is 0 Å². The first-order valence-corrected chi connectivity index (χ1v) is 10.8. The van der Waals surface area contributed by atoms with Crippen molar-refractivity contribution in [3.8, 4) is 5.75 Å². The monoisotopic (exact) mass is 416 g/mol. The van der Waals surface area contributed by atoms with Crippen molar-refractivity contribution in [3.05, 3.63) is 52.2 Å². The SMILES string of the molecule is COCCC(=O)N1CCC(Oc2ccc(C(=O)N[C@H](C)c3cccs3)cc2)CC1. The second kappa shape index (κ2) is 10.4. The van der Waals surface area contributed by atoms with Gasteiger partial charge in [-0.2, -0.15) is 0 Å². The van der Waals surface area contributed by atoms with Gasteiger partial charge >= 0.3 is 0 Å². The predicted molar refractivity (Wildman–Crippen MR) is 113 cm³/mol. The molecule has 0 aliphatic carbocycles. The summed E-state index contributed by atoms with van der Waals surface area (Å²) in [5.74, 6) is 0.787. The molecular weight excluding hydrogens is 388 g/mol. The number of benzene rings is 1. The van der Waals surface area contributed by atoms with E-state index in [0.29, 0.717) is 31.7 Å². The molecular formula is C22H28N2O4S. The summed E-state index contributed by atoms with van der Waals surface area (Å²) < 4.78 is 11.0. The smallest absolute Gasteiger partial charge is 0.251 e. The number of carbonyl (C=O) groups is 2. The van der Waals surface area contributed by atoms with Crippen LogP contribution in [0.1, 0.15) is 47.5 Å². The second-order valence-electron chi connectivity index (χ2n) is 7.18. The quantitative estimate of drug-likeness (QED) is 0.713. The Hall–Kier alpha value is -2.38. The number of piperidine rings is 1. The van der Waals surface area contributed by atoms with Gasteiger partial charge in [0.2, 0.25) is 5.91 Å². The van der Waals surface area contributed by atoms with E-state index in [0.717, 1.165) is 23.5 Å². The molecule has 1 atom stereocenters. The summed E-state index contributed by atoms with van der Waals surface area (Å²) in [4.78, 5) is 27.5. The van der Waals surface area contributed by atoms with Gasteiger partial charge < -0.3 is 19.7 Å². The summed E-state index contributed by atoms with van der Waals surface area (Å²) in [6.07, 6.45) is 2.12. The highest BCUT2D eigenvalue weighted by atomic mass is 32.1. The highest BCUT2D eigenvalue weighted by Gasteiger charge is 2.23. The van der Waals surface area contributed by atoms with Gasteiger partial charge in [0, 0.05) is 43.5 Å². The molecule has 0 saturated carbocycles. The number of thiophene rings is 1.